The molecule has 1 fully saturated rings. The molecule has 31 heavy (non-hydrogen) atoms. The Hall–Kier alpha value is -2.33. The highest BCUT2D eigenvalue weighted by atomic mass is 127. The maximum atomic E-state index is 6.03. The quantitative estimate of drug-likeness (QED) is 0.240. The lowest BCUT2D eigenvalue weighted by atomic mass is 10.2. The molecule has 7 nitrogen and oxygen atoms in total. The average Bonchev–Trinajstić information content (AvgIpc) is 3.48. The second-order valence-corrected chi connectivity index (χ2v) is 7.60. The average molecular weight is 554 g/mol. The third-order valence-corrected chi connectivity index (χ3v) is 5.01. The number of hydrogen-bond donors (Lipinski definition) is 2. The first-order valence-electron chi connectivity index (χ1n) is 9.95. The van der Waals surface area contributed by atoms with Crippen LogP contribution in [0, 0.1) is 5.92 Å². The van der Waals surface area contributed by atoms with Crippen molar-refractivity contribution in [2.45, 2.75) is 25.9 Å². The molecule has 0 bridgehead atoms. The lowest BCUT2D eigenvalue weighted by Crippen LogP contribution is -2.36. The maximum Gasteiger partial charge on any atom is 0.246 e. The van der Waals surface area contributed by atoms with E-state index in [2.05, 4.69) is 31.8 Å². The largest absolute Gasteiger partial charge is 0.493 e. The van der Waals surface area contributed by atoms with Gasteiger partial charge in [-0.05, 0) is 37.0 Å². The summed E-state index contributed by atoms with van der Waals surface area (Å²) in [5, 5.41) is 11.1. The summed E-state index contributed by atoms with van der Waals surface area (Å²) in [7, 11) is 1.72. The molecule has 0 radical (unpaired) electrons. The van der Waals surface area contributed by atoms with Crippen molar-refractivity contribution in [1.82, 2.24) is 20.8 Å². The van der Waals surface area contributed by atoms with Crippen LogP contribution in [0.5, 0.6) is 5.75 Å². The number of rotatable bonds is 8. The first kappa shape index (κ1) is 23.3. The van der Waals surface area contributed by atoms with E-state index in [1.165, 1.54) is 12.8 Å². The lowest BCUT2D eigenvalue weighted by molar-refractivity contribution is 0.296. The van der Waals surface area contributed by atoms with E-state index in [1.54, 1.807) is 19.2 Å². The van der Waals surface area contributed by atoms with Crippen LogP contribution in [-0.2, 0) is 13.1 Å². The number of ether oxygens (including phenoxy) is 1. The van der Waals surface area contributed by atoms with Gasteiger partial charge in [0.2, 0.25) is 11.7 Å². The second kappa shape index (κ2) is 11.3. The van der Waals surface area contributed by atoms with Gasteiger partial charge in [0.05, 0.1) is 13.2 Å². The zero-order valence-corrected chi connectivity index (χ0v) is 20.3. The van der Waals surface area contributed by atoms with Gasteiger partial charge >= 0.3 is 0 Å². The monoisotopic (exact) mass is 553 g/mol. The number of nitrogens with one attached hydrogen (secondary N) is 2. The number of hydrogen-bond acceptors (Lipinski definition) is 5. The highest BCUT2D eigenvalue weighted by Gasteiger charge is 2.22. The Kier molecular flexibility index (Phi) is 8.53. The van der Waals surface area contributed by atoms with E-state index in [1.807, 2.05) is 30.3 Å². The molecule has 1 heterocycles. The van der Waals surface area contributed by atoms with Crippen molar-refractivity contribution in [2.75, 3.05) is 13.7 Å². The van der Waals surface area contributed by atoms with Gasteiger partial charge in [0.15, 0.2) is 5.96 Å². The van der Waals surface area contributed by atoms with Gasteiger partial charge in [-0.2, -0.15) is 4.98 Å². The predicted molar refractivity (Wildman–Crippen MR) is 132 cm³/mol. The number of para-hydroxylation sites is 1. The number of aliphatic imine (C=N–C) groups is 1. The Labute approximate surface area is 203 Å². The van der Waals surface area contributed by atoms with Crippen molar-refractivity contribution < 1.29 is 9.26 Å². The molecule has 0 spiro atoms. The summed E-state index contributed by atoms with van der Waals surface area (Å²) < 4.78 is 11.3. The Balaban J connectivity index is 0.00000272. The molecule has 1 aliphatic carbocycles. The summed E-state index contributed by atoms with van der Waals surface area (Å²) in [5.41, 5.74) is 1.89. The van der Waals surface area contributed by atoms with E-state index in [0.717, 1.165) is 23.5 Å². The van der Waals surface area contributed by atoms with E-state index in [0.29, 0.717) is 41.7 Å². The Morgan fingerprint density at radius 3 is 2.74 bits per heavy atom. The fourth-order valence-electron chi connectivity index (χ4n) is 2.91. The standard InChI is InChI=1S/C22H24ClN5O2.HI/c1-24-22(25-12-17-5-2-3-8-19(17)29-14-15-9-10-15)26-13-20-27-21(28-30-20)16-6-4-7-18(23)11-16;/h2-8,11,15H,9-10,12-14H2,1H3,(H2,24,25,26);1H. The van der Waals surface area contributed by atoms with E-state index in [-0.39, 0.29) is 24.0 Å². The number of halogens is 2. The highest BCUT2D eigenvalue weighted by Crippen LogP contribution is 2.30. The van der Waals surface area contributed by atoms with Gasteiger partial charge in [0, 0.05) is 29.7 Å². The molecule has 2 aromatic carbocycles. The van der Waals surface area contributed by atoms with Crippen molar-refractivity contribution >= 4 is 41.5 Å². The SMILES string of the molecule is CN=C(NCc1nc(-c2cccc(Cl)c2)no1)NCc1ccccc1OCC1CC1.I. The number of guanidine groups is 1. The first-order chi connectivity index (χ1) is 14.7. The lowest BCUT2D eigenvalue weighted by Gasteiger charge is -2.14. The van der Waals surface area contributed by atoms with Crippen molar-refractivity contribution in [2.24, 2.45) is 10.9 Å². The molecule has 0 amide bonds. The van der Waals surface area contributed by atoms with Crippen LogP contribution in [0.4, 0.5) is 0 Å². The van der Waals surface area contributed by atoms with Gasteiger partial charge in [-0.25, -0.2) is 0 Å². The van der Waals surface area contributed by atoms with Crippen molar-refractivity contribution in [1.29, 1.82) is 0 Å². The molecule has 164 valence electrons. The molecule has 1 aromatic heterocycles. The molecule has 0 unspecified atom stereocenters. The maximum absolute atomic E-state index is 6.03. The van der Waals surface area contributed by atoms with Crippen LogP contribution in [0.3, 0.4) is 0 Å². The number of nitrogens with zero attached hydrogens (tertiary/aromatic N) is 3. The normalized spacial score (nSPS) is 13.4. The minimum Gasteiger partial charge on any atom is -0.493 e. The molecular weight excluding hydrogens is 529 g/mol. The van der Waals surface area contributed by atoms with Crippen molar-refractivity contribution in [3.63, 3.8) is 0 Å². The third kappa shape index (κ3) is 6.83. The predicted octanol–water partition coefficient (Wildman–Crippen LogP) is 4.66. The van der Waals surface area contributed by atoms with Crippen LogP contribution >= 0.6 is 35.6 Å². The molecule has 3 aromatic rings. The topological polar surface area (TPSA) is 84.6 Å². The summed E-state index contributed by atoms with van der Waals surface area (Å²) in [6.07, 6.45) is 2.54. The Morgan fingerprint density at radius 1 is 1.16 bits per heavy atom. The van der Waals surface area contributed by atoms with E-state index in [4.69, 9.17) is 20.9 Å². The molecule has 0 saturated heterocycles. The zero-order valence-electron chi connectivity index (χ0n) is 17.2. The van der Waals surface area contributed by atoms with Crippen LogP contribution < -0.4 is 15.4 Å². The molecule has 4 rings (SSSR count). The van der Waals surface area contributed by atoms with Crippen LogP contribution in [0.1, 0.15) is 24.3 Å². The van der Waals surface area contributed by atoms with Gasteiger partial charge in [-0.3, -0.25) is 4.99 Å². The first-order valence-corrected chi connectivity index (χ1v) is 10.3. The minimum atomic E-state index is 0. The van der Waals surface area contributed by atoms with E-state index >= 15 is 0 Å². The summed E-state index contributed by atoms with van der Waals surface area (Å²) >= 11 is 6.03. The summed E-state index contributed by atoms with van der Waals surface area (Å²) in [4.78, 5) is 8.66. The molecule has 0 atom stereocenters. The Morgan fingerprint density at radius 2 is 1.97 bits per heavy atom. The van der Waals surface area contributed by atoms with E-state index < -0.39 is 0 Å². The van der Waals surface area contributed by atoms with Crippen LogP contribution in [-0.4, -0.2) is 29.8 Å². The number of aromatic nitrogens is 2. The fraction of sp³-hybridized carbons (Fsp3) is 0.318. The second-order valence-electron chi connectivity index (χ2n) is 7.16. The zero-order chi connectivity index (χ0) is 20.8. The van der Waals surface area contributed by atoms with Gasteiger partial charge in [0.25, 0.3) is 0 Å². The highest BCUT2D eigenvalue weighted by molar-refractivity contribution is 14.0. The van der Waals surface area contributed by atoms with Gasteiger partial charge in [-0.15, -0.1) is 24.0 Å². The van der Waals surface area contributed by atoms with Crippen LogP contribution in [0.25, 0.3) is 11.4 Å². The fourth-order valence-corrected chi connectivity index (χ4v) is 3.10. The smallest absolute Gasteiger partial charge is 0.246 e. The van der Waals surface area contributed by atoms with Gasteiger partial charge in [-0.1, -0.05) is 47.1 Å². The minimum absolute atomic E-state index is 0. The van der Waals surface area contributed by atoms with Crippen LogP contribution in [0.15, 0.2) is 58.0 Å². The number of benzene rings is 2. The van der Waals surface area contributed by atoms with E-state index in [9.17, 15) is 0 Å². The molecule has 1 aliphatic rings. The summed E-state index contributed by atoms with van der Waals surface area (Å²) in [6.45, 7) is 1.74. The molecular formula is C22H25ClIN5O2. The van der Waals surface area contributed by atoms with Crippen LogP contribution in [0.2, 0.25) is 5.02 Å². The van der Waals surface area contributed by atoms with Crippen molar-refractivity contribution in [3.05, 3.63) is 65.0 Å². The van der Waals surface area contributed by atoms with Gasteiger partial charge < -0.3 is 19.9 Å². The molecule has 2 N–H and O–H groups in total. The van der Waals surface area contributed by atoms with Gasteiger partial charge in [0.1, 0.15) is 5.75 Å². The third-order valence-electron chi connectivity index (χ3n) is 4.77. The molecule has 1 saturated carbocycles. The summed E-state index contributed by atoms with van der Waals surface area (Å²) in [6, 6.07) is 15.4. The summed E-state index contributed by atoms with van der Waals surface area (Å²) in [5.74, 6) is 3.22. The molecule has 9 heteroatoms. The Bertz CT molecular complexity index is 1020. The molecule has 0 aliphatic heterocycles. The van der Waals surface area contributed by atoms with Crippen molar-refractivity contribution in [3.8, 4) is 17.1 Å².